The molecule has 14 heteroatoms. The molecule has 5 aliphatic rings. The van der Waals surface area contributed by atoms with Crippen molar-refractivity contribution in [1.29, 1.82) is 0 Å². The minimum Gasteiger partial charge on any atom is -0.404 e. The lowest BCUT2D eigenvalue weighted by atomic mass is 9.43. The van der Waals surface area contributed by atoms with Gasteiger partial charge in [-0.1, -0.05) is 57.5 Å². The second-order valence-corrected chi connectivity index (χ2v) is 15.8. The molecule has 2 saturated heterocycles. The fourth-order valence-electron chi connectivity index (χ4n) is 7.59. The van der Waals surface area contributed by atoms with Crippen LogP contribution in [0.3, 0.4) is 0 Å². The molecule has 1 aromatic rings. The molecule has 4 N–H and O–H groups in total. The normalized spacial score (nSPS) is 28.7. The molecule has 2 aliphatic heterocycles. The molecule has 6 rings (SSSR count). The topological polar surface area (TPSA) is 157 Å². The number of nitrogens with one attached hydrogen (secondary N) is 4. The summed E-state index contributed by atoms with van der Waals surface area (Å²) < 4.78 is 13.3. The zero-order valence-electron chi connectivity index (χ0n) is 28.0. The molecule has 0 spiro atoms. The first kappa shape index (κ1) is 34.9. The van der Waals surface area contributed by atoms with Crippen LogP contribution in [-0.4, -0.2) is 71.4 Å². The van der Waals surface area contributed by atoms with Crippen molar-refractivity contribution in [3.05, 3.63) is 45.5 Å². The van der Waals surface area contributed by atoms with Gasteiger partial charge < -0.3 is 19.9 Å². The van der Waals surface area contributed by atoms with Gasteiger partial charge in [0.2, 0.25) is 18.1 Å². The maximum absolute atomic E-state index is 13.8. The molecule has 5 fully saturated rings. The number of amides is 2. The van der Waals surface area contributed by atoms with Gasteiger partial charge in [0, 0.05) is 17.9 Å². The van der Waals surface area contributed by atoms with Crippen molar-refractivity contribution in [3.63, 3.8) is 0 Å². The molecule has 2 bridgehead atoms. The molecule has 12 nitrogen and oxygen atoms in total. The van der Waals surface area contributed by atoms with Crippen molar-refractivity contribution in [2.45, 2.75) is 116 Å². The van der Waals surface area contributed by atoms with Gasteiger partial charge in [0.25, 0.3) is 0 Å². The molecule has 0 aromatic heterocycles. The number of rotatable bonds is 17. The van der Waals surface area contributed by atoms with Gasteiger partial charge in [-0.25, -0.2) is 10.1 Å². The third kappa shape index (κ3) is 8.00. The van der Waals surface area contributed by atoms with Crippen LogP contribution in [-0.2, 0) is 24.7 Å². The quantitative estimate of drug-likeness (QED) is 0.0642. The van der Waals surface area contributed by atoms with Crippen LogP contribution in [0.25, 0.3) is 0 Å². The smallest absolute Gasteiger partial charge is 0.404 e. The number of hydrogen-bond donors (Lipinski definition) is 4. The van der Waals surface area contributed by atoms with E-state index in [1.165, 1.54) is 11.1 Å². The highest BCUT2D eigenvalue weighted by Gasteiger charge is 2.68. The van der Waals surface area contributed by atoms with Gasteiger partial charge in [-0.2, -0.15) is 11.8 Å². The molecule has 7 atom stereocenters. The number of aryl methyl sites for hydroxylation is 1. The lowest BCUT2D eigenvalue weighted by molar-refractivity contribution is -0.627. The average molecular weight is 659 g/mol. The number of carbonyl (C=O) groups excluding carboxylic acids is 2. The summed E-state index contributed by atoms with van der Waals surface area (Å²) in [4.78, 5) is 37.8. The largest absolute Gasteiger partial charge is 0.481 e. The Morgan fingerprint density at radius 2 is 1.93 bits per heavy atom. The monoisotopic (exact) mass is 658 g/mol. The highest BCUT2D eigenvalue weighted by Crippen LogP contribution is 2.65. The fourth-order valence-corrected chi connectivity index (χ4v) is 8.49. The molecule has 1 unspecified atom stereocenters. The minimum absolute atomic E-state index is 0.00888. The summed E-state index contributed by atoms with van der Waals surface area (Å²) in [7, 11) is -0.554. The summed E-state index contributed by atoms with van der Waals surface area (Å²) in [6.45, 7) is 13.6. The standard InChI is InChI=1S/C32H51BN6O6S/c1-20(2)16-27(33-44-26-18-23-17-25(31(23,4)5)32(26,6)45-33)36-29(41)24(8-7-14-34-30-37-38(30)39(42)43)35-28(40)13-15-46-19-22-11-9-21(3)10-12-22/h9-12,20,23-27,30,34,37H,7-8,13-19H2,1-6H3,(H,35,40)(H,36,41)/t23-,24-,25-,26+,27-,30?,32-,38?/m0/s1. The summed E-state index contributed by atoms with van der Waals surface area (Å²) >= 11 is 1.69. The van der Waals surface area contributed by atoms with Crippen LogP contribution in [0.4, 0.5) is 0 Å². The van der Waals surface area contributed by atoms with Gasteiger partial charge in [0.1, 0.15) is 6.04 Å². The Kier molecular flexibility index (Phi) is 10.9. The van der Waals surface area contributed by atoms with Crippen LogP contribution in [0.1, 0.15) is 84.3 Å². The van der Waals surface area contributed by atoms with E-state index in [-0.39, 0.29) is 40.8 Å². The predicted octanol–water partition coefficient (Wildman–Crippen LogP) is 3.57. The van der Waals surface area contributed by atoms with Crippen LogP contribution in [0.2, 0.25) is 0 Å². The number of thioether (sulfide) groups is 1. The number of hydrazine groups is 2. The lowest BCUT2D eigenvalue weighted by Crippen LogP contribution is -2.65. The SMILES string of the molecule is Cc1ccc(CSCCC(=O)N[C@@H](CCCNC2NN2[N+](=O)[O-])C(=O)N[C@@H](CC(C)C)B2O[C@@H]3C[C@@H]4C[C@@H](C4(C)C)[C@]3(C)O2)cc1. The molecule has 3 aliphatic carbocycles. The van der Waals surface area contributed by atoms with E-state index in [1.54, 1.807) is 11.8 Å². The van der Waals surface area contributed by atoms with E-state index >= 15 is 0 Å². The van der Waals surface area contributed by atoms with E-state index < -0.39 is 24.5 Å². The third-order valence-electron chi connectivity index (χ3n) is 10.5. The van der Waals surface area contributed by atoms with Crippen molar-refractivity contribution < 1.29 is 23.9 Å². The molecule has 3 saturated carbocycles. The molecule has 0 radical (unpaired) electrons. The van der Waals surface area contributed by atoms with Crippen molar-refractivity contribution in [2.24, 2.45) is 23.2 Å². The van der Waals surface area contributed by atoms with E-state index in [0.29, 0.717) is 49.8 Å². The van der Waals surface area contributed by atoms with Gasteiger partial charge in [0.05, 0.1) is 17.6 Å². The second-order valence-electron chi connectivity index (χ2n) is 14.7. The number of benzene rings is 1. The molecule has 1 aromatic carbocycles. The van der Waals surface area contributed by atoms with Gasteiger partial charge >= 0.3 is 7.12 Å². The molecule has 2 amide bonds. The third-order valence-corrected chi connectivity index (χ3v) is 11.5. The van der Waals surface area contributed by atoms with Gasteiger partial charge in [-0.15, -0.1) is 5.43 Å². The average Bonchev–Trinajstić information content (AvgIpc) is 3.68. The lowest BCUT2D eigenvalue weighted by Gasteiger charge is -2.64. The van der Waals surface area contributed by atoms with Crippen LogP contribution >= 0.6 is 11.8 Å². The van der Waals surface area contributed by atoms with Crippen LogP contribution in [0.15, 0.2) is 24.3 Å². The summed E-state index contributed by atoms with van der Waals surface area (Å²) in [6.07, 6.45) is 3.49. The van der Waals surface area contributed by atoms with Gasteiger partial charge in [-0.05, 0) is 86.3 Å². The van der Waals surface area contributed by atoms with Crippen molar-refractivity contribution >= 4 is 30.7 Å². The summed E-state index contributed by atoms with van der Waals surface area (Å²) in [5.74, 6) is 1.98. The Bertz CT molecular complexity index is 1260. The first-order valence-corrected chi connectivity index (χ1v) is 17.9. The Morgan fingerprint density at radius 1 is 1.20 bits per heavy atom. The van der Waals surface area contributed by atoms with E-state index in [4.69, 9.17) is 9.31 Å². The summed E-state index contributed by atoms with van der Waals surface area (Å²) in [6, 6.07) is 7.62. The Morgan fingerprint density at radius 3 is 2.59 bits per heavy atom. The van der Waals surface area contributed by atoms with Gasteiger partial charge in [0.15, 0.2) is 5.03 Å². The number of hydrogen-bond acceptors (Lipinski definition) is 9. The first-order chi connectivity index (χ1) is 21.8. The number of nitrogens with zero attached hydrogens (tertiary/aromatic N) is 2. The van der Waals surface area contributed by atoms with Crippen LogP contribution in [0, 0.1) is 40.2 Å². The first-order valence-electron chi connectivity index (χ1n) is 16.8. The van der Waals surface area contributed by atoms with E-state index in [2.05, 4.69) is 87.2 Å². The van der Waals surface area contributed by atoms with E-state index in [9.17, 15) is 19.7 Å². The second kappa shape index (κ2) is 14.4. The molecule has 254 valence electrons. The maximum Gasteiger partial charge on any atom is 0.481 e. The maximum atomic E-state index is 13.8. The van der Waals surface area contributed by atoms with Crippen molar-refractivity contribution in [2.75, 3.05) is 12.3 Å². The zero-order chi connectivity index (χ0) is 33.2. The number of nitro groups is 1. The Hall–Kier alpha value is -2.39. The number of carbonyl (C=O) groups is 2. The molecule has 2 heterocycles. The molecular formula is C32H51BN6O6S. The highest BCUT2D eigenvalue weighted by atomic mass is 32.2. The highest BCUT2D eigenvalue weighted by molar-refractivity contribution is 7.98. The zero-order valence-corrected chi connectivity index (χ0v) is 28.9. The fraction of sp³-hybridized carbons (Fsp3) is 0.750. The minimum atomic E-state index is -0.754. The van der Waals surface area contributed by atoms with Crippen molar-refractivity contribution in [3.8, 4) is 0 Å². The summed E-state index contributed by atoms with van der Waals surface area (Å²) in [5.41, 5.74) is 4.87. The predicted molar refractivity (Wildman–Crippen MR) is 178 cm³/mol. The van der Waals surface area contributed by atoms with Gasteiger partial charge in [-0.3, -0.25) is 14.9 Å². The van der Waals surface area contributed by atoms with E-state index in [1.807, 2.05) is 0 Å². The molecule has 46 heavy (non-hydrogen) atoms. The Labute approximate surface area is 277 Å². The van der Waals surface area contributed by atoms with Crippen molar-refractivity contribution in [1.82, 2.24) is 26.5 Å². The van der Waals surface area contributed by atoms with Crippen LogP contribution in [0.5, 0.6) is 0 Å². The van der Waals surface area contributed by atoms with E-state index in [0.717, 1.165) is 23.7 Å². The summed E-state index contributed by atoms with van der Waals surface area (Å²) in [5, 5.41) is 20.5. The Balaban J connectivity index is 1.18. The van der Waals surface area contributed by atoms with Crippen LogP contribution < -0.4 is 21.4 Å². The molecular weight excluding hydrogens is 607 g/mol.